The molecule has 0 atom stereocenters. The first-order valence-electron chi connectivity index (χ1n) is 9.75. The first kappa shape index (κ1) is 18.6. The number of rotatable bonds is 6. The van der Waals surface area contributed by atoms with Gasteiger partial charge in [0, 0.05) is 34.5 Å². The molecule has 3 N–H and O–H groups in total. The van der Waals surface area contributed by atoms with E-state index in [0.29, 0.717) is 33.5 Å². The average molecular weight is 423 g/mol. The van der Waals surface area contributed by atoms with E-state index in [1.165, 1.54) is 12.8 Å². The molecule has 0 unspecified atom stereocenters. The summed E-state index contributed by atoms with van der Waals surface area (Å²) in [5.74, 6) is 1.43. The van der Waals surface area contributed by atoms with Gasteiger partial charge in [-0.05, 0) is 43.0 Å². The van der Waals surface area contributed by atoms with E-state index in [-0.39, 0.29) is 18.2 Å². The van der Waals surface area contributed by atoms with Gasteiger partial charge in [0.1, 0.15) is 11.6 Å². The van der Waals surface area contributed by atoms with Crippen molar-refractivity contribution in [1.82, 2.24) is 19.9 Å². The fourth-order valence-corrected chi connectivity index (χ4v) is 3.56. The third-order valence-electron chi connectivity index (χ3n) is 5.09. The highest BCUT2D eigenvalue weighted by atomic mass is 35.5. The van der Waals surface area contributed by atoms with E-state index in [9.17, 15) is 9.59 Å². The summed E-state index contributed by atoms with van der Waals surface area (Å²) in [6, 6.07) is 9.29. The molecule has 0 bridgehead atoms. The molecule has 1 saturated heterocycles. The van der Waals surface area contributed by atoms with E-state index < -0.39 is 0 Å². The number of halogens is 1. The van der Waals surface area contributed by atoms with Gasteiger partial charge in [0.05, 0.1) is 12.6 Å². The molecule has 1 aromatic carbocycles. The summed E-state index contributed by atoms with van der Waals surface area (Å²) >= 11 is 6.10. The van der Waals surface area contributed by atoms with Crippen molar-refractivity contribution in [2.24, 2.45) is 5.92 Å². The van der Waals surface area contributed by atoms with Gasteiger partial charge >= 0.3 is 0 Å². The van der Waals surface area contributed by atoms with Gasteiger partial charge in [-0.1, -0.05) is 17.7 Å². The predicted octanol–water partition coefficient (Wildman–Crippen LogP) is 3.38. The van der Waals surface area contributed by atoms with Gasteiger partial charge in [0.15, 0.2) is 5.65 Å². The molecule has 1 aliphatic heterocycles. The van der Waals surface area contributed by atoms with Crippen LogP contribution in [0.25, 0.3) is 11.7 Å². The summed E-state index contributed by atoms with van der Waals surface area (Å²) in [6.07, 6.45) is 5.84. The Hall–Kier alpha value is -3.39. The average Bonchev–Trinajstić information content (AvgIpc) is 3.37. The quantitative estimate of drug-likeness (QED) is 0.416. The molecular formula is C21H19ClN6O2. The number of carbonyl (C=O) groups excluding carboxylic acids is 2. The van der Waals surface area contributed by atoms with E-state index in [1.807, 2.05) is 24.3 Å². The van der Waals surface area contributed by atoms with Crippen LogP contribution in [0.2, 0.25) is 5.02 Å². The molecule has 2 aromatic heterocycles. The Morgan fingerprint density at radius 2 is 2.13 bits per heavy atom. The van der Waals surface area contributed by atoms with Crippen molar-refractivity contribution < 1.29 is 9.59 Å². The van der Waals surface area contributed by atoms with Gasteiger partial charge in [0.2, 0.25) is 5.91 Å². The molecule has 1 aliphatic carbocycles. The van der Waals surface area contributed by atoms with Gasteiger partial charge in [-0.3, -0.25) is 14.9 Å². The van der Waals surface area contributed by atoms with E-state index in [0.717, 1.165) is 18.1 Å². The number of anilines is 3. The topological polar surface area (TPSA) is 100 Å². The second-order valence-corrected chi connectivity index (χ2v) is 7.98. The number of benzene rings is 1. The zero-order valence-corrected chi connectivity index (χ0v) is 16.7. The number of aromatic nitrogens is 3. The van der Waals surface area contributed by atoms with Gasteiger partial charge in [-0.2, -0.15) is 9.61 Å². The number of fused-ring (bicyclic) bond motifs is 1. The minimum absolute atomic E-state index is 0.0589. The van der Waals surface area contributed by atoms with Crippen molar-refractivity contribution >= 4 is 52.5 Å². The fraction of sp³-hybridized carbons (Fsp3) is 0.238. The first-order chi connectivity index (χ1) is 14.5. The zero-order chi connectivity index (χ0) is 20.7. The molecule has 0 radical (unpaired) electrons. The van der Waals surface area contributed by atoms with Gasteiger partial charge in [-0.25, -0.2) is 4.98 Å². The molecule has 2 aliphatic rings. The largest absolute Gasteiger partial charge is 0.370 e. The monoisotopic (exact) mass is 422 g/mol. The number of hydrogen-bond donors (Lipinski definition) is 3. The van der Waals surface area contributed by atoms with Crippen molar-refractivity contribution in [3.8, 4) is 0 Å². The van der Waals surface area contributed by atoms with Crippen LogP contribution in [-0.2, 0) is 9.59 Å². The van der Waals surface area contributed by atoms with Crippen LogP contribution in [0.4, 0.5) is 17.3 Å². The molecule has 8 nitrogen and oxygen atoms in total. The summed E-state index contributed by atoms with van der Waals surface area (Å²) in [5.41, 5.74) is 2.46. The van der Waals surface area contributed by atoms with Crippen LogP contribution < -0.4 is 16.0 Å². The summed E-state index contributed by atoms with van der Waals surface area (Å²) in [6.45, 7) is 0.864. The summed E-state index contributed by atoms with van der Waals surface area (Å²) < 4.78 is 1.71. The van der Waals surface area contributed by atoms with Crippen LogP contribution >= 0.6 is 11.6 Å². The summed E-state index contributed by atoms with van der Waals surface area (Å²) in [5, 5.41) is 14.1. The van der Waals surface area contributed by atoms with Crippen molar-refractivity contribution in [2.75, 3.05) is 17.2 Å². The molecular weight excluding hydrogens is 404 g/mol. The van der Waals surface area contributed by atoms with Gasteiger partial charge in [0.25, 0.3) is 5.91 Å². The molecule has 152 valence electrons. The predicted molar refractivity (Wildman–Crippen MR) is 115 cm³/mol. The lowest BCUT2D eigenvalue weighted by molar-refractivity contribution is -0.124. The maximum Gasteiger partial charge on any atom is 0.254 e. The third-order valence-corrected chi connectivity index (χ3v) is 5.33. The highest BCUT2D eigenvalue weighted by Crippen LogP contribution is 2.30. The van der Waals surface area contributed by atoms with Crippen LogP contribution in [0.1, 0.15) is 24.8 Å². The van der Waals surface area contributed by atoms with Gasteiger partial charge in [-0.15, -0.1) is 0 Å². The number of hydrogen-bond acceptors (Lipinski definition) is 6. The minimum Gasteiger partial charge on any atom is -0.370 e. The first-order valence-corrected chi connectivity index (χ1v) is 10.1. The third kappa shape index (κ3) is 3.86. The summed E-state index contributed by atoms with van der Waals surface area (Å²) in [7, 11) is 0. The lowest BCUT2D eigenvalue weighted by Gasteiger charge is -2.12. The standard InChI is InChI=1S/C21H19ClN6O2/c22-15-2-1-3-16(8-15)25-17-9-18(23-10-12-4-5-12)28-20(26-17)14(11-24-28)6-13-7-19(29)27-21(13)30/h1-3,6,8-9,11-12,23H,4-5,7,10H2,(H,25,26)(H,27,29,30). The molecule has 1 saturated carbocycles. The Labute approximate surface area is 177 Å². The molecule has 2 amide bonds. The Bertz CT molecular complexity index is 1200. The van der Waals surface area contributed by atoms with Crippen molar-refractivity contribution in [2.45, 2.75) is 19.3 Å². The minimum atomic E-state index is -0.375. The Kier molecular flexibility index (Phi) is 4.63. The van der Waals surface area contributed by atoms with Crippen LogP contribution in [0, 0.1) is 5.92 Å². The molecule has 0 spiro atoms. The zero-order valence-electron chi connectivity index (χ0n) is 16.0. The van der Waals surface area contributed by atoms with E-state index in [1.54, 1.807) is 22.9 Å². The Morgan fingerprint density at radius 3 is 2.87 bits per heavy atom. The normalized spacial score (nSPS) is 17.6. The molecule has 5 rings (SSSR count). The van der Waals surface area contributed by atoms with Crippen LogP contribution in [-0.4, -0.2) is 33.0 Å². The SMILES string of the molecule is O=C1CC(=Cc2cnn3c(NCC4CC4)cc(Nc4cccc(Cl)c4)nc23)C(=O)N1. The van der Waals surface area contributed by atoms with E-state index >= 15 is 0 Å². The number of nitrogens with one attached hydrogen (secondary N) is 3. The summed E-state index contributed by atoms with van der Waals surface area (Å²) in [4.78, 5) is 28.2. The number of carbonyl (C=O) groups is 2. The number of nitrogens with zero attached hydrogens (tertiary/aromatic N) is 3. The highest BCUT2D eigenvalue weighted by molar-refractivity contribution is 6.30. The maximum atomic E-state index is 12.0. The molecule has 2 fully saturated rings. The smallest absolute Gasteiger partial charge is 0.254 e. The second kappa shape index (κ2) is 7.46. The van der Waals surface area contributed by atoms with Crippen LogP contribution in [0.3, 0.4) is 0 Å². The molecule has 3 aromatic rings. The molecule has 9 heteroatoms. The van der Waals surface area contributed by atoms with Crippen molar-refractivity contribution in [1.29, 1.82) is 0 Å². The molecule has 3 heterocycles. The van der Waals surface area contributed by atoms with Crippen LogP contribution in [0.5, 0.6) is 0 Å². The molecule has 30 heavy (non-hydrogen) atoms. The maximum absolute atomic E-state index is 12.0. The number of imide groups is 1. The lowest BCUT2D eigenvalue weighted by atomic mass is 10.1. The highest BCUT2D eigenvalue weighted by Gasteiger charge is 2.25. The van der Waals surface area contributed by atoms with E-state index in [4.69, 9.17) is 16.6 Å². The Balaban J connectivity index is 1.55. The Morgan fingerprint density at radius 1 is 1.27 bits per heavy atom. The van der Waals surface area contributed by atoms with E-state index in [2.05, 4.69) is 21.0 Å². The van der Waals surface area contributed by atoms with Crippen LogP contribution in [0.15, 0.2) is 42.1 Å². The van der Waals surface area contributed by atoms with Crippen molar-refractivity contribution in [3.05, 3.63) is 52.7 Å². The lowest BCUT2D eigenvalue weighted by Crippen LogP contribution is -2.19. The number of amides is 2. The fourth-order valence-electron chi connectivity index (χ4n) is 3.37. The van der Waals surface area contributed by atoms with Crippen molar-refractivity contribution in [3.63, 3.8) is 0 Å². The van der Waals surface area contributed by atoms with Gasteiger partial charge < -0.3 is 10.6 Å². The second-order valence-electron chi connectivity index (χ2n) is 7.55.